The number of fused-ring (bicyclic) bond motifs is 2. The minimum absolute atomic E-state index is 0.400. The molecule has 0 saturated heterocycles. The quantitative estimate of drug-likeness (QED) is 0.788. The third-order valence-electron chi connectivity index (χ3n) is 4.37. The summed E-state index contributed by atoms with van der Waals surface area (Å²) in [5.74, 6) is 0.572. The molecule has 0 saturated carbocycles. The third-order valence-corrected chi connectivity index (χ3v) is 4.37. The van der Waals surface area contributed by atoms with E-state index in [1.54, 1.807) is 36.4 Å². The van der Waals surface area contributed by atoms with Crippen LogP contribution in [0.4, 0.5) is 0 Å². The van der Waals surface area contributed by atoms with Gasteiger partial charge in [0.25, 0.3) is 0 Å². The smallest absolute Gasteiger partial charge is 0.337 e. The molecule has 2 aromatic carbocycles. The molecule has 1 aliphatic heterocycles. The summed E-state index contributed by atoms with van der Waals surface area (Å²) in [4.78, 5) is 23.6. The van der Waals surface area contributed by atoms with Gasteiger partial charge < -0.3 is 14.2 Å². The van der Waals surface area contributed by atoms with Crippen LogP contribution in [0.5, 0.6) is 11.5 Å². The fourth-order valence-corrected chi connectivity index (χ4v) is 2.97. The summed E-state index contributed by atoms with van der Waals surface area (Å²) >= 11 is 0. The van der Waals surface area contributed by atoms with E-state index in [2.05, 4.69) is 0 Å². The van der Waals surface area contributed by atoms with E-state index >= 15 is 0 Å². The largest absolute Gasteiger partial charge is 0.465 e. The van der Waals surface area contributed by atoms with Crippen LogP contribution in [0.15, 0.2) is 36.4 Å². The number of benzene rings is 2. The molecule has 124 valence electrons. The van der Waals surface area contributed by atoms with Gasteiger partial charge in [-0.2, -0.15) is 0 Å². The highest BCUT2D eigenvalue weighted by Gasteiger charge is 2.35. The first kappa shape index (κ1) is 16.1. The van der Waals surface area contributed by atoms with Gasteiger partial charge in [0.1, 0.15) is 11.5 Å². The number of carbonyl (C=O) groups is 2. The molecule has 0 atom stereocenters. The molecule has 0 amide bonds. The van der Waals surface area contributed by atoms with Gasteiger partial charge in [0.05, 0.1) is 25.3 Å². The van der Waals surface area contributed by atoms with Gasteiger partial charge in [-0.15, -0.1) is 0 Å². The number of esters is 2. The molecule has 0 fully saturated rings. The number of hydrogen-bond donors (Lipinski definition) is 0. The molecule has 3 rings (SSSR count). The monoisotopic (exact) mass is 326 g/mol. The van der Waals surface area contributed by atoms with E-state index in [1.165, 1.54) is 14.2 Å². The molecule has 0 unspecified atom stereocenters. The maximum atomic E-state index is 11.8. The van der Waals surface area contributed by atoms with E-state index in [4.69, 9.17) is 14.2 Å². The molecule has 24 heavy (non-hydrogen) atoms. The fraction of sp³-hybridized carbons (Fsp3) is 0.263. The molecule has 1 heterocycles. The van der Waals surface area contributed by atoms with Crippen LogP contribution in [-0.2, 0) is 14.9 Å². The molecule has 0 bridgehead atoms. The zero-order valence-electron chi connectivity index (χ0n) is 14.0. The van der Waals surface area contributed by atoms with Crippen molar-refractivity contribution in [1.29, 1.82) is 0 Å². The molecular weight excluding hydrogens is 308 g/mol. The van der Waals surface area contributed by atoms with E-state index < -0.39 is 17.4 Å². The second-order valence-corrected chi connectivity index (χ2v) is 6.13. The molecule has 0 aliphatic carbocycles. The summed E-state index contributed by atoms with van der Waals surface area (Å²) in [7, 11) is 2.70. The minimum Gasteiger partial charge on any atom is -0.465 e. The first-order valence-electron chi connectivity index (χ1n) is 7.52. The van der Waals surface area contributed by atoms with Crippen molar-refractivity contribution in [1.82, 2.24) is 0 Å². The first-order chi connectivity index (χ1) is 11.4. The molecule has 5 nitrogen and oxygen atoms in total. The van der Waals surface area contributed by atoms with Crippen molar-refractivity contribution in [3.05, 3.63) is 58.7 Å². The zero-order valence-corrected chi connectivity index (χ0v) is 14.0. The van der Waals surface area contributed by atoms with Crippen LogP contribution in [0.3, 0.4) is 0 Å². The van der Waals surface area contributed by atoms with Crippen LogP contribution < -0.4 is 4.74 Å². The van der Waals surface area contributed by atoms with Gasteiger partial charge in [0, 0.05) is 16.5 Å². The van der Waals surface area contributed by atoms with Gasteiger partial charge >= 0.3 is 11.9 Å². The van der Waals surface area contributed by atoms with Crippen LogP contribution in [0, 0.1) is 0 Å². The van der Waals surface area contributed by atoms with Crippen molar-refractivity contribution < 1.29 is 23.8 Å². The molecule has 2 aromatic rings. The Hall–Kier alpha value is -2.82. The number of hydrogen-bond acceptors (Lipinski definition) is 5. The van der Waals surface area contributed by atoms with Gasteiger partial charge in [-0.25, -0.2) is 9.59 Å². The molecule has 0 radical (unpaired) electrons. The Morgan fingerprint density at radius 3 is 1.62 bits per heavy atom. The first-order valence-corrected chi connectivity index (χ1v) is 7.52. The molecular formula is C19H18O5. The number of ether oxygens (including phenoxy) is 3. The Morgan fingerprint density at radius 2 is 1.25 bits per heavy atom. The van der Waals surface area contributed by atoms with Crippen molar-refractivity contribution >= 4 is 11.9 Å². The second-order valence-electron chi connectivity index (χ2n) is 6.13. The van der Waals surface area contributed by atoms with E-state index in [-0.39, 0.29) is 0 Å². The minimum atomic E-state index is -0.447. The number of rotatable bonds is 2. The Morgan fingerprint density at radius 1 is 0.833 bits per heavy atom. The average Bonchev–Trinajstić information content (AvgIpc) is 2.60. The van der Waals surface area contributed by atoms with Crippen molar-refractivity contribution in [2.75, 3.05) is 14.2 Å². The van der Waals surface area contributed by atoms with E-state index in [9.17, 15) is 9.59 Å². The summed E-state index contributed by atoms with van der Waals surface area (Å²) in [6.45, 7) is 4.05. The fourth-order valence-electron chi connectivity index (χ4n) is 2.97. The lowest BCUT2D eigenvalue weighted by molar-refractivity contribution is 0.0592. The molecule has 0 N–H and O–H groups in total. The maximum Gasteiger partial charge on any atom is 0.337 e. The average molecular weight is 326 g/mol. The van der Waals surface area contributed by atoms with Gasteiger partial charge in [-0.3, -0.25) is 0 Å². The van der Waals surface area contributed by atoms with Crippen molar-refractivity contribution in [3.63, 3.8) is 0 Å². The highest BCUT2D eigenvalue weighted by molar-refractivity contribution is 5.91. The summed E-state index contributed by atoms with van der Waals surface area (Å²) < 4.78 is 15.5. The van der Waals surface area contributed by atoms with Crippen molar-refractivity contribution in [3.8, 4) is 11.5 Å². The maximum absolute atomic E-state index is 11.8. The number of methoxy groups -OCH3 is 2. The van der Waals surface area contributed by atoms with Crippen molar-refractivity contribution in [2.24, 2.45) is 0 Å². The Labute approximate surface area is 140 Å². The van der Waals surface area contributed by atoms with Crippen LogP contribution in [0.25, 0.3) is 0 Å². The normalized spacial score (nSPS) is 14.0. The van der Waals surface area contributed by atoms with E-state index in [0.717, 1.165) is 11.1 Å². The van der Waals surface area contributed by atoms with Gasteiger partial charge in [0.2, 0.25) is 0 Å². The summed E-state index contributed by atoms with van der Waals surface area (Å²) in [6.07, 6.45) is 0. The molecule has 0 spiro atoms. The van der Waals surface area contributed by atoms with Crippen LogP contribution in [-0.4, -0.2) is 26.2 Å². The Kier molecular flexibility index (Phi) is 3.79. The predicted octanol–water partition coefficient (Wildman–Crippen LogP) is 3.69. The number of carbonyl (C=O) groups excluding carboxylic acids is 2. The highest BCUT2D eigenvalue weighted by Crippen LogP contribution is 2.48. The summed E-state index contributed by atoms with van der Waals surface area (Å²) in [6, 6.07) is 10.4. The molecule has 1 aliphatic rings. The predicted molar refractivity (Wildman–Crippen MR) is 87.8 cm³/mol. The lowest BCUT2D eigenvalue weighted by atomic mass is 9.75. The van der Waals surface area contributed by atoms with E-state index in [1.807, 2.05) is 13.8 Å². The third kappa shape index (κ3) is 2.42. The topological polar surface area (TPSA) is 61.8 Å². The SMILES string of the molecule is COC(=O)c1ccc2c(c1)C(C)(C)c1cc(C(=O)OC)ccc1O2. The highest BCUT2D eigenvalue weighted by atomic mass is 16.5. The zero-order chi connectivity index (χ0) is 17.5. The van der Waals surface area contributed by atoms with Crippen LogP contribution in [0.2, 0.25) is 0 Å². The Bertz CT molecular complexity index is 768. The van der Waals surface area contributed by atoms with Gasteiger partial charge in [-0.1, -0.05) is 13.8 Å². The second kappa shape index (κ2) is 5.67. The molecule has 0 aromatic heterocycles. The van der Waals surface area contributed by atoms with Gasteiger partial charge in [-0.05, 0) is 36.4 Å². The van der Waals surface area contributed by atoms with Gasteiger partial charge in [0.15, 0.2) is 0 Å². The lowest BCUT2D eigenvalue weighted by Gasteiger charge is -2.34. The standard InChI is InChI=1S/C19H18O5/c1-19(2)13-9-11(17(20)22-3)5-7-15(13)24-16-8-6-12(10-14(16)19)18(21)23-4/h5-10H,1-4H3. The molecule has 5 heteroatoms. The van der Waals surface area contributed by atoms with Crippen LogP contribution in [0.1, 0.15) is 45.7 Å². The van der Waals surface area contributed by atoms with Crippen LogP contribution >= 0.6 is 0 Å². The lowest BCUT2D eigenvalue weighted by Crippen LogP contribution is -2.25. The van der Waals surface area contributed by atoms with E-state index in [0.29, 0.717) is 22.6 Å². The van der Waals surface area contributed by atoms with Crippen molar-refractivity contribution in [2.45, 2.75) is 19.3 Å². The summed E-state index contributed by atoms with van der Waals surface area (Å²) in [5, 5.41) is 0. The summed E-state index contributed by atoms with van der Waals surface area (Å²) in [5.41, 5.74) is 2.19. The Balaban J connectivity index is 2.14.